The first-order chi connectivity index (χ1) is 6.61. The van der Waals surface area contributed by atoms with Crippen LogP contribution in [0.4, 0.5) is 0 Å². The molecule has 0 bridgehead atoms. The number of hydrogen-bond acceptors (Lipinski definition) is 3. The second kappa shape index (κ2) is 7.53. The van der Waals surface area contributed by atoms with Crippen LogP contribution in [0.3, 0.4) is 0 Å². The first-order valence-electron chi connectivity index (χ1n) is 4.93. The maximum absolute atomic E-state index is 10.8. The molecule has 0 aromatic heterocycles. The molecule has 4 nitrogen and oxygen atoms in total. The average Bonchev–Trinajstić information content (AvgIpc) is 2.16. The van der Waals surface area contributed by atoms with Gasteiger partial charge in [0.05, 0.1) is 0 Å². The molecular formula is C10H20N2O2. The Balaban J connectivity index is 3.89. The zero-order chi connectivity index (χ0) is 11.0. The number of nitrogens with one attached hydrogen (secondary N) is 1. The van der Waals surface area contributed by atoms with Gasteiger partial charge >= 0.3 is 5.97 Å². The van der Waals surface area contributed by atoms with Gasteiger partial charge in [-0.1, -0.05) is 12.5 Å². The SMILES string of the molecule is C=CC(C)NC(CCCCN)C(=O)O. The van der Waals surface area contributed by atoms with Gasteiger partial charge in [-0.25, -0.2) is 0 Å². The molecule has 0 spiro atoms. The third-order valence-electron chi connectivity index (χ3n) is 2.06. The summed E-state index contributed by atoms with van der Waals surface area (Å²) < 4.78 is 0. The molecule has 0 aromatic carbocycles. The average molecular weight is 200 g/mol. The lowest BCUT2D eigenvalue weighted by molar-refractivity contribution is -0.139. The Bertz CT molecular complexity index is 183. The molecule has 4 N–H and O–H groups in total. The molecule has 82 valence electrons. The van der Waals surface area contributed by atoms with Crippen molar-refractivity contribution in [2.24, 2.45) is 5.73 Å². The number of carboxylic acids is 1. The van der Waals surface area contributed by atoms with Crippen LogP contribution in [-0.2, 0) is 4.79 Å². The molecule has 2 unspecified atom stereocenters. The van der Waals surface area contributed by atoms with Crippen molar-refractivity contribution in [2.75, 3.05) is 6.54 Å². The highest BCUT2D eigenvalue weighted by atomic mass is 16.4. The van der Waals surface area contributed by atoms with Crippen molar-refractivity contribution < 1.29 is 9.90 Å². The standard InChI is InChI=1S/C10H20N2O2/c1-3-8(2)12-9(10(13)14)6-4-5-7-11/h3,8-9,12H,1,4-7,11H2,2H3,(H,13,14). The zero-order valence-corrected chi connectivity index (χ0v) is 8.70. The lowest BCUT2D eigenvalue weighted by Gasteiger charge is -2.17. The van der Waals surface area contributed by atoms with Crippen molar-refractivity contribution in [3.05, 3.63) is 12.7 Å². The number of unbranched alkanes of at least 4 members (excludes halogenated alkanes) is 1. The lowest BCUT2D eigenvalue weighted by Crippen LogP contribution is -2.41. The van der Waals surface area contributed by atoms with Gasteiger partial charge in [0.2, 0.25) is 0 Å². The van der Waals surface area contributed by atoms with E-state index in [1.165, 1.54) is 0 Å². The van der Waals surface area contributed by atoms with E-state index in [4.69, 9.17) is 10.8 Å². The van der Waals surface area contributed by atoms with Crippen LogP contribution in [0.1, 0.15) is 26.2 Å². The van der Waals surface area contributed by atoms with Crippen molar-refractivity contribution >= 4 is 5.97 Å². The van der Waals surface area contributed by atoms with E-state index in [-0.39, 0.29) is 6.04 Å². The highest BCUT2D eigenvalue weighted by Crippen LogP contribution is 2.02. The van der Waals surface area contributed by atoms with Crippen LogP contribution in [0.15, 0.2) is 12.7 Å². The number of carbonyl (C=O) groups is 1. The molecule has 0 fully saturated rings. The minimum Gasteiger partial charge on any atom is -0.480 e. The van der Waals surface area contributed by atoms with Crippen LogP contribution in [-0.4, -0.2) is 29.7 Å². The van der Waals surface area contributed by atoms with E-state index < -0.39 is 12.0 Å². The molecule has 0 saturated heterocycles. The first kappa shape index (κ1) is 13.1. The Labute approximate surface area is 85.2 Å². The second-order valence-corrected chi connectivity index (χ2v) is 3.37. The van der Waals surface area contributed by atoms with Crippen LogP contribution in [0, 0.1) is 0 Å². The first-order valence-corrected chi connectivity index (χ1v) is 4.93. The van der Waals surface area contributed by atoms with E-state index in [1.807, 2.05) is 6.92 Å². The van der Waals surface area contributed by atoms with E-state index in [9.17, 15) is 4.79 Å². The van der Waals surface area contributed by atoms with Crippen molar-refractivity contribution in [1.82, 2.24) is 5.32 Å². The van der Waals surface area contributed by atoms with E-state index in [1.54, 1.807) is 6.08 Å². The monoisotopic (exact) mass is 200 g/mol. The summed E-state index contributed by atoms with van der Waals surface area (Å²) >= 11 is 0. The van der Waals surface area contributed by atoms with Crippen molar-refractivity contribution in [2.45, 2.75) is 38.3 Å². The van der Waals surface area contributed by atoms with Gasteiger partial charge in [0.15, 0.2) is 0 Å². The van der Waals surface area contributed by atoms with Crippen LogP contribution in [0.5, 0.6) is 0 Å². The number of rotatable bonds is 8. The number of hydrogen-bond donors (Lipinski definition) is 3. The molecule has 4 heteroatoms. The summed E-state index contributed by atoms with van der Waals surface area (Å²) in [7, 11) is 0. The van der Waals surface area contributed by atoms with Gasteiger partial charge in [-0.2, -0.15) is 0 Å². The Hall–Kier alpha value is -0.870. The maximum atomic E-state index is 10.8. The molecule has 0 rings (SSSR count). The van der Waals surface area contributed by atoms with Gasteiger partial charge < -0.3 is 10.8 Å². The van der Waals surface area contributed by atoms with E-state index in [2.05, 4.69) is 11.9 Å². The topological polar surface area (TPSA) is 75.3 Å². The van der Waals surface area contributed by atoms with Gasteiger partial charge in [-0.3, -0.25) is 10.1 Å². The normalized spacial score (nSPS) is 14.7. The molecule has 2 atom stereocenters. The molecule has 0 aliphatic rings. The predicted molar refractivity (Wildman–Crippen MR) is 57.1 cm³/mol. The summed E-state index contributed by atoms with van der Waals surface area (Å²) in [5.41, 5.74) is 5.33. The summed E-state index contributed by atoms with van der Waals surface area (Å²) in [6.45, 7) is 6.09. The largest absolute Gasteiger partial charge is 0.480 e. The molecular weight excluding hydrogens is 180 g/mol. The summed E-state index contributed by atoms with van der Waals surface area (Å²) in [6, 6.07) is -0.469. The van der Waals surface area contributed by atoms with Gasteiger partial charge in [0.1, 0.15) is 6.04 Å². The predicted octanol–water partition coefficient (Wildman–Crippen LogP) is 0.733. The highest BCUT2D eigenvalue weighted by Gasteiger charge is 2.17. The minimum atomic E-state index is -0.810. The van der Waals surface area contributed by atoms with Crippen LogP contribution in [0.2, 0.25) is 0 Å². The molecule has 14 heavy (non-hydrogen) atoms. The highest BCUT2D eigenvalue weighted by molar-refractivity contribution is 5.73. The molecule has 0 radical (unpaired) electrons. The van der Waals surface area contributed by atoms with Gasteiger partial charge in [0.25, 0.3) is 0 Å². The third-order valence-corrected chi connectivity index (χ3v) is 2.06. The molecule has 0 heterocycles. The molecule has 0 amide bonds. The van der Waals surface area contributed by atoms with Crippen molar-refractivity contribution in [1.29, 1.82) is 0 Å². The third kappa shape index (κ3) is 5.72. The zero-order valence-electron chi connectivity index (χ0n) is 8.70. The Kier molecular flexibility index (Phi) is 7.06. The molecule has 0 aromatic rings. The van der Waals surface area contributed by atoms with E-state index in [0.717, 1.165) is 12.8 Å². The minimum absolute atomic E-state index is 0.0222. The molecule has 0 aliphatic carbocycles. The fourth-order valence-corrected chi connectivity index (χ4v) is 1.16. The van der Waals surface area contributed by atoms with Crippen LogP contribution in [0.25, 0.3) is 0 Å². The Morgan fingerprint density at radius 2 is 2.29 bits per heavy atom. The number of nitrogens with two attached hydrogens (primary N) is 1. The Morgan fingerprint density at radius 1 is 1.64 bits per heavy atom. The fourth-order valence-electron chi connectivity index (χ4n) is 1.16. The van der Waals surface area contributed by atoms with E-state index >= 15 is 0 Å². The molecule has 0 saturated carbocycles. The van der Waals surface area contributed by atoms with Gasteiger partial charge in [0, 0.05) is 6.04 Å². The smallest absolute Gasteiger partial charge is 0.320 e. The van der Waals surface area contributed by atoms with Gasteiger partial charge in [-0.15, -0.1) is 6.58 Å². The number of aliphatic carboxylic acids is 1. The Morgan fingerprint density at radius 3 is 2.71 bits per heavy atom. The van der Waals surface area contributed by atoms with Gasteiger partial charge in [-0.05, 0) is 26.3 Å². The second-order valence-electron chi connectivity index (χ2n) is 3.37. The summed E-state index contributed by atoms with van der Waals surface area (Å²) in [4.78, 5) is 10.8. The summed E-state index contributed by atoms with van der Waals surface area (Å²) in [5.74, 6) is -0.810. The maximum Gasteiger partial charge on any atom is 0.320 e. The van der Waals surface area contributed by atoms with E-state index in [0.29, 0.717) is 13.0 Å². The van der Waals surface area contributed by atoms with Crippen LogP contribution < -0.4 is 11.1 Å². The summed E-state index contributed by atoms with van der Waals surface area (Å²) in [6.07, 6.45) is 4.02. The summed E-state index contributed by atoms with van der Waals surface area (Å²) in [5, 5.41) is 11.9. The van der Waals surface area contributed by atoms with Crippen molar-refractivity contribution in [3.8, 4) is 0 Å². The number of carboxylic acid groups (broad SMARTS) is 1. The van der Waals surface area contributed by atoms with Crippen LogP contribution >= 0.6 is 0 Å². The fraction of sp³-hybridized carbons (Fsp3) is 0.700. The van der Waals surface area contributed by atoms with Crippen molar-refractivity contribution in [3.63, 3.8) is 0 Å². The quantitative estimate of drug-likeness (QED) is 0.399. The lowest BCUT2D eigenvalue weighted by atomic mass is 10.1. The molecule has 0 aliphatic heterocycles.